The molecule has 2 aromatic carbocycles. The van der Waals surface area contributed by atoms with E-state index < -0.39 is 0 Å². The van der Waals surface area contributed by atoms with Crippen molar-refractivity contribution in [3.8, 4) is 33.9 Å². The number of benzene rings is 2. The third-order valence-electron chi connectivity index (χ3n) is 3.73. The van der Waals surface area contributed by atoms with Gasteiger partial charge in [-0.15, -0.1) is 0 Å². The molecule has 0 N–H and O–H groups in total. The van der Waals surface area contributed by atoms with Crippen molar-refractivity contribution in [2.24, 2.45) is 0 Å². The van der Waals surface area contributed by atoms with Crippen LogP contribution in [0.4, 0.5) is 0 Å². The van der Waals surface area contributed by atoms with E-state index in [1.54, 1.807) is 0 Å². The van der Waals surface area contributed by atoms with Gasteiger partial charge in [-0.2, -0.15) is 0 Å². The lowest BCUT2D eigenvalue weighted by Crippen LogP contribution is -1.92. The topological polar surface area (TPSA) is 31.4 Å². The zero-order valence-corrected chi connectivity index (χ0v) is 12.2. The van der Waals surface area contributed by atoms with E-state index in [4.69, 9.17) is 9.47 Å². The fourth-order valence-electron chi connectivity index (χ4n) is 2.67. The number of fused-ring (bicyclic) bond motifs is 1. The van der Waals surface area contributed by atoms with Crippen molar-refractivity contribution >= 4 is 0 Å². The van der Waals surface area contributed by atoms with E-state index in [1.807, 2.05) is 37.3 Å². The van der Waals surface area contributed by atoms with Gasteiger partial charge in [-0.25, -0.2) is 0 Å². The quantitative estimate of drug-likeness (QED) is 0.698. The minimum atomic E-state index is 0.295. The highest BCUT2D eigenvalue weighted by Crippen LogP contribution is 2.36. The summed E-state index contributed by atoms with van der Waals surface area (Å²) >= 11 is 0. The Labute approximate surface area is 129 Å². The van der Waals surface area contributed by atoms with Crippen LogP contribution in [0, 0.1) is 6.92 Å². The molecule has 0 atom stereocenters. The summed E-state index contributed by atoms with van der Waals surface area (Å²) in [5.74, 6) is 1.60. The Kier molecular flexibility index (Phi) is 3.04. The smallest absolute Gasteiger partial charge is 0.231 e. The van der Waals surface area contributed by atoms with Crippen molar-refractivity contribution in [3.05, 3.63) is 66.4 Å². The highest BCUT2D eigenvalue weighted by atomic mass is 16.7. The Balaban J connectivity index is 1.81. The molecule has 1 aromatic heterocycles. The largest absolute Gasteiger partial charge is 0.454 e. The molecular weight excluding hydrogens is 274 g/mol. The molecule has 3 heteroatoms. The van der Waals surface area contributed by atoms with Crippen LogP contribution in [0.5, 0.6) is 11.5 Å². The van der Waals surface area contributed by atoms with Crippen LogP contribution in [0.15, 0.2) is 60.7 Å². The van der Waals surface area contributed by atoms with Crippen LogP contribution in [0.1, 0.15) is 5.69 Å². The second kappa shape index (κ2) is 5.19. The number of ether oxygens (including phenoxy) is 2. The zero-order chi connectivity index (χ0) is 14.9. The van der Waals surface area contributed by atoms with E-state index in [1.165, 1.54) is 0 Å². The van der Waals surface area contributed by atoms with Gasteiger partial charge in [0, 0.05) is 11.3 Å². The fourth-order valence-corrected chi connectivity index (χ4v) is 2.67. The molecule has 0 amide bonds. The van der Waals surface area contributed by atoms with Gasteiger partial charge in [0.15, 0.2) is 11.5 Å². The maximum atomic E-state index is 5.47. The molecule has 3 aromatic rings. The lowest BCUT2D eigenvalue weighted by molar-refractivity contribution is 0.174. The first-order valence-electron chi connectivity index (χ1n) is 7.24. The molecule has 0 unspecified atom stereocenters. The predicted octanol–water partition coefficient (Wildman–Crippen LogP) is 4.45. The SMILES string of the molecule is Cc1cc(-c2ccc3c(c2)OCO3)cc(-c2ccccc2)n1. The summed E-state index contributed by atoms with van der Waals surface area (Å²) < 4.78 is 10.8. The van der Waals surface area contributed by atoms with Crippen molar-refractivity contribution in [1.29, 1.82) is 0 Å². The van der Waals surface area contributed by atoms with Crippen LogP contribution in [-0.2, 0) is 0 Å². The Morgan fingerprint density at radius 2 is 1.59 bits per heavy atom. The van der Waals surface area contributed by atoms with Gasteiger partial charge < -0.3 is 9.47 Å². The molecule has 0 radical (unpaired) electrons. The molecule has 1 aliphatic rings. The van der Waals surface area contributed by atoms with Crippen molar-refractivity contribution in [3.63, 3.8) is 0 Å². The normalized spacial score (nSPS) is 12.4. The van der Waals surface area contributed by atoms with Crippen molar-refractivity contribution in [2.45, 2.75) is 6.92 Å². The first-order chi connectivity index (χ1) is 10.8. The number of rotatable bonds is 2. The summed E-state index contributed by atoms with van der Waals surface area (Å²) in [5, 5.41) is 0. The Morgan fingerprint density at radius 3 is 2.45 bits per heavy atom. The van der Waals surface area contributed by atoms with E-state index in [0.29, 0.717) is 6.79 Å². The number of hydrogen-bond acceptors (Lipinski definition) is 3. The zero-order valence-electron chi connectivity index (χ0n) is 12.2. The minimum Gasteiger partial charge on any atom is -0.454 e. The van der Waals surface area contributed by atoms with Gasteiger partial charge in [0.25, 0.3) is 0 Å². The van der Waals surface area contributed by atoms with Crippen molar-refractivity contribution < 1.29 is 9.47 Å². The van der Waals surface area contributed by atoms with E-state index >= 15 is 0 Å². The summed E-state index contributed by atoms with van der Waals surface area (Å²) in [6.07, 6.45) is 0. The van der Waals surface area contributed by atoms with Crippen LogP contribution in [0.25, 0.3) is 22.4 Å². The number of nitrogens with zero attached hydrogens (tertiary/aromatic N) is 1. The van der Waals surface area contributed by atoms with Crippen LogP contribution in [0.3, 0.4) is 0 Å². The standard InChI is InChI=1S/C19H15NO2/c1-13-9-16(10-17(20-13)14-5-3-2-4-6-14)15-7-8-18-19(11-15)22-12-21-18/h2-11H,12H2,1H3. The van der Waals surface area contributed by atoms with Crippen LogP contribution >= 0.6 is 0 Å². The number of pyridine rings is 1. The van der Waals surface area contributed by atoms with E-state index in [2.05, 4.69) is 35.3 Å². The lowest BCUT2D eigenvalue weighted by Gasteiger charge is -2.08. The molecule has 22 heavy (non-hydrogen) atoms. The highest BCUT2D eigenvalue weighted by Gasteiger charge is 2.14. The number of aryl methyl sites for hydroxylation is 1. The van der Waals surface area contributed by atoms with Crippen LogP contribution < -0.4 is 9.47 Å². The summed E-state index contributed by atoms with van der Waals surface area (Å²) in [7, 11) is 0. The monoisotopic (exact) mass is 289 g/mol. The second-order valence-corrected chi connectivity index (χ2v) is 5.32. The third kappa shape index (κ3) is 2.31. The summed E-state index contributed by atoms with van der Waals surface area (Å²) in [5.41, 5.74) is 5.33. The number of hydrogen-bond donors (Lipinski definition) is 0. The van der Waals surface area contributed by atoms with Gasteiger partial charge in [0.1, 0.15) is 0 Å². The van der Waals surface area contributed by atoms with Crippen LogP contribution in [-0.4, -0.2) is 11.8 Å². The highest BCUT2D eigenvalue weighted by molar-refractivity contribution is 5.73. The first-order valence-corrected chi connectivity index (χ1v) is 7.24. The molecule has 0 saturated heterocycles. The summed E-state index contributed by atoms with van der Waals surface area (Å²) in [4.78, 5) is 4.65. The molecule has 4 rings (SSSR count). The van der Waals surface area contributed by atoms with Gasteiger partial charge in [-0.1, -0.05) is 36.4 Å². The molecule has 0 spiro atoms. The minimum absolute atomic E-state index is 0.295. The van der Waals surface area contributed by atoms with E-state index in [9.17, 15) is 0 Å². The molecule has 1 aliphatic heterocycles. The van der Waals surface area contributed by atoms with Gasteiger partial charge in [0.05, 0.1) is 5.69 Å². The average molecular weight is 289 g/mol. The third-order valence-corrected chi connectivity index (χ3v) is 3.73. The van der Waals surface area contributed by atoms with Crippen LogP contribution in [0.2, 0.25) is 0 Å². The second-order valence-electron chi connectivity index (χ2n) is 5.32. The first kappa shape index (κ1) is 12.9. The maximum Gasteiger partial charge on any atom is 0.231 e. The van der Waals surface area contributed by atoms with Crippen molar-refractivity contribution in [2.75, 3.05) is 6.79 Å². The fraction of sp³-hybridized carbons (Fsp3) is 0.105. The van der Waals surface area contributed by atoms with Crippen molar-refractivity contribution in [1.82, 2.24) is 4.98 Å². The molecule has 0 saturated carbocycles. The molecule has 108 valence electrons. The van der Waals surface area contributed by atoms with E-state index in [-0.39, 0.29) is 0 Å². The van der Waals surface area contributed by atoms with Gasteiger partial charge in [-0.3, -0.25) is 4.98 Å². The van der Waals surface area contributed by atoms with Gasteiger partial charge in [0.2, 0.25) is 6.79 Å². The Bertz CT molecular complexity index is 828. The Morgan fingerprint density at radius 1 is 0.773 bits per heavy atom. The number of aromatic nitrogens is 1. The Hall–Kier alpha value is -2.81. The summed E-state index contributed by atoms with van der Waals surface area (Å²) in [6.45, 7) is 2.31. The van der Waals surface area contributed by atoms with Gasteiger partial charge in [-0.05, 0) is 42.3 Å². The molecule has 2 heterocycles. The van der Waals surface area contributed by atoms with Gasteiger partial charge >= 0.3 is 0 Å². The molecular formula is C19H15NO2. The molecule has 3 nitrogen and oxygen atoms in total. The average Bonchev–Trinajstić information content (AvgIpc) is 3.02. The summed E-state index contributed by atoms with van der Waals surface area (Å²) in [6, 6.07) is 20.4. The molecule has 0 fully saturated rings. The molecule has 0 bridgehead atoms. The predicted molar refractivity (Wildman–Crippen MR) is 86.0 cm³/mol. The maximum absolute atomic E-state index is 5.47. The molecule has 0 aliphatic carbocycles. The lowest BCUT2D eigenvalue weighted by atomic mass is 10.0. The van der Waals surface area contributed by atoms with E-state index in [0.717, 1.165) is 39.6 Å².